The van der Waals surface area contributed by atoms with Crippen molar-refractivity contribution in [2.75, 3.05) is 0 Å². The number of unbranched alkanes of at least 4 members (excludes halogenated alkanes) is 3. The molecule has 0 aliphatic heterocycles. The third-order valence-electron chi connectivity index (χ3n) is 2.95. The van der Waals surface area contributed by atoms with E-state index in [9.17, 15) is 24.9 Å². The second-order valence-corrected chi connectivity index (χ2v) is 4.40. The zero-order valence-corrected chi connectivity index (χ0v) is 10.8. The van der Waals surface area contributed by atoms with Crippen molar-refractivity contribution in [1.29, 1.82) is 0 Å². The maximum absolute atomic E-state index is 11.9. The summed E-state index contributed by atoms with van der Waals surface area (Å²) in [6.45, 7) is 2.05. The third kappa shape index (κ3) is 3.47. The highest BCUT2D eigenvalue weighted by molar-refractivity contribution is 6.04. The van der Waals surface area contributed by atoms with Crippen molar-refractivity contribution in [3.8, 4) is 17.2 Å². The van der Waals surface area contributed by atoms with Gasteiger partial charge in [-0.15, -0.1) is 0 Å². The van der Waals surface area contributed by atoms with Crippen molar-refractivity contribution in [3.05, 3.63) is 17.2 Å². The lowest BCUT2D eigenvalue weighted by Crippen LogP contribution is -2.02. The molecule has 5 nitrogen and oxygen atoms in total. The van der Waals surface area contributed by atoms with Crippen LogP contribution in [-0.4, -0.2) is 27.4 Å². The number of hydrogen-bond acceptors (Lipinski definition) is 5. The van der Waals surface area contributed by atoms with Crippen LogP contribution in [0.15, 0.2) is 6.07 Å². The van der Waals surface area contributed by atoms with Gasteiger partial charge in [0, 0.05) is 12.5 Å². The van der Waals surface area contributed by atoms with Crippen LogP contribution in [0.1, 0.15) is 59.7 Å². The van der Waals surface area contributed by atoms with Crippen molar-refractivity contribution >= 4 is 12.1 Å². The van der Waals surface area contributed by atoms with Gasteiger partial charge in [-0.25, -0.2) is 0 Å². The number of carbonyl (C=O) groups excluding carboxylic acids is 2. The predicted molar refractivity (Wildman–Crippen MR) is 69.9 cm³/mol. The van der Waals surface area contributed by atoms with Gasteiger partial charge in [-0.3, -0.25) is 9.59 Å². The number of benzene rings is 1. The van der Waals surface area contributed by atoms with E-state index in [1.165, 1.54) is 0 Å². The van der Waals surface area contributed by atoms with Gasteiger partial charge >= 0.3 is 0 Å². The molecule has 19 heavy (non-hydrogen) atoms. The van der Waals surface area contributed by atoms with Crippen LogP contribution in [-0.2, 0) is 0 Å². The Kier molecular flexibility index (Phi) is 5.36. The lowest BCUT2D eigenvalue weighted by atomic mass is 9.99. The Morgan fingerprint density at radius 3 is 2.42 bits per heavy atom. The second-order valence-electron chi connectivity index (χ2n) is 4.40. The van der Waals surface area contributed by atoms with Gasteiger partial charge in [-0.1, -0.05) is 26.2 Å². The van der Waals surface area contributed by atoms with Crippen molar-refractivity contribution in [1.82, 2.24) is 0 Å². The van der Waals surface area contributed by atoms with E-state index in [2.05, 4.69) is 6.92 Å². The second kappa shape index (κ2) is 6.78. The third-order valence-corrected chi connectivity index (χ3v) is 2.95. The van der Waals surface area contributed by atoms with Crippen molar-refractivity contribution in [3.63, 3.8) is 0 Å². The van der Waals surface area contributed by atoms with E-state index in [0.717, 1.165) is 25.3 Å². The fourth-order valence-electron chi connectivity index (χ4n) is 1.89. The van der Waals surface area contributed by atoms with Crippen LogP contribution < -0.4 is 0 Å². The smallest absolute Gasteiger partial charge is 0.170 e. The summed E-state index contributed by atoms with van der Waals surface area (Å²) in [5.74, 6) is -2.16. The normalized spacial score (nSPS) is 10.4. The van der Waals surface area contributed by atoms with Crippen LogP contribution in [0, 0.1) is 0 Å². The molecule has 1 rings (SSSR count). The molecule has 5 heteroatoms. The van der Waals surface area contributed by atoms with Gasteiger partial charge in [0.05, 0.1) is 5.56 Å². The molecular weight excluding hydrogens is 248 g/mol. The molecule has 0 heterocycles. The molecule has 0 saturated carbocycles. The van der Waals surface area contributed by atoms with E-state index in [1.54, 1.807) is 0 Å². The summed E-state index contributed by atoms with van der Waals surface area (Å²) in [6.07, 6.45) is 4.03. The Hall–Kier alpha value is -2.04. The van der Waals surface area contributed by atoms with Gasteiger partial charge in [0.1, 0.15) is 22.8 Å². The maximum atomic E-state index is 11.9. The highest BCUT2D eigenvalue weighted by atomic mass is 16.3. The fraction of sp³-hybridized carbons (Fsp3) is 0.429. The van der Waals surface area contributed by atoms with E-state index >= 15 is 0 Å². The SMILES string of the molecule is CCCCCCC(=O)c1c(O)cc(O)c(C=O)c1O. The highest BCUT2D eigenvalue weighted by Gasteiger charge is 2.21. The number of aldehydes is 1. The van der Waals surface area contributed by atoms with Crippen molar-refractivity contribution < 1.29 is 24.9 Å². The molecule has 104 valence electrons. The summed E-state index contributed by atoms with van der Waals surface area (Å²) < 4.78 is 0. The van der Waals surface area contributed by atoms with Gasteiger partial charge in [0.15, 0.2) is 12.1 Å². The number of Topliss-reactive ketones (excluding diaryl/α,β-unsaturated/α-hetero) is 1. The number of aromatic hydroxyl groups is 3. The van der Waals surface area contributed by atoms with Crippen LogP contribution >= 0.6 is 0 Å². The molecule has 1 aromatic carbocycles. The van der Waals surface area contributed by atoms with Crippen LogP contribution in [0.4, 0.5) is 0 Å². The van der Waals surface area contributed by atoms with Gasteiger partial charge < -0.3 is 15.3 Å². The Morgan fingerprint density at radius 1 is 1.16 bits per heavy atom. The molecular formula is C14H18O5. The fourth-order valence-corrected chi connectivity index (χ4v) is 1.89. The number of rotatable bonds is 7. The average molecular weight is 266 g/mol. The number of phenols is 3. The molecule has 3 N–H and O–H groups in total. The minimum atomic E-state index is -0.659. The zero-order valence-electron chi connectivity index (χ0n) is 10.8. The molecule has 1 aromatic rings. The average Bonchev–Trinajstić information content (AvgIpc) is 2.34. The molecule has 0 saturated heterocycles. The molecule has 0 bridgehead atoms. The highest BCUT2D eigenvalue weighted by Crippen LogP contribution is 2.37. The van der Waals surface area contributed by atoms with E-state index < -0.39 is 23.0 Å². The molecule has 0 aliphatic carbocycles. The molecule has 0 radical (unpaired) electrons. The topological polar surface area (TPSA) is 94.8 Å². The van der Waals surface area contributed by atoms with Gasteiger partial charge in [-0.05, 0) is 6.42 Å². The summed E-state index contributed by atoms with van der Waals surface area (Å²) in [5, 5.41) is 28.7. The summed E-state index contributed by atoms with van der Waals surface area (Å²) in [7, 11) is 0. The molecule has 0 fully saturated rings. The lowest BCUT2D eigenvalue weighted by Gasteiger charge is -2.09. The van der Waals surface area contributed by atoms with Crippen molar-refractivity contribution in [2.45, 2.75) is 39.0 Å². The maximum Gasteiger partial charge on any atom is 0.170 e. The summed E-state index contributed by atoms with van der Waals surface area (Å²) in [6, 6.07) is 0.892. The predicted octanol–water partition coefficient (Wildman–Crippen LogP) is 2.77. The molecule has 0 atom stereocenters. The monoisotopic (exact) mass is 266 g/mol. The molecule has 0 amide bonds. The number of phenolic OH excluding ortho intramolecular Hbond substituents is 3. The largest absolute Gasteiger partial charge is 0.507 e. The van der Waals surface area contributed by atoms with E-state index in [1.807, 2.05) is 0 Å². The first-order valence-electron chi connectivity index (χ1n) is 6.29. The Labute approximate surface area is 111 Å². The first-order chi connectivity index (χ1) is 9.02. The molecule has 0 spiro atoms. The van der Waals surface area contributed by atoms with Crippen LogP contribution in [0.25, 0.3) is 0 Å². The first kappa shape index (κ1) is 15.0. The van der Waals surface area contributed by atoms with Crippen LogP contribution in [0.5, 0.6) is 17.2 Å². The zero-order chi connectivity index (χ0) is 14.4. The summed E-state index contributed by atoms with van der Waals surface area (Å²) in [5.41, 5.74) is -0.675. The molecule has 0 aliphatic rings. The van der Waals surface area contributed by atoms with Crippen LogP contribution in [0.2, 0.25) is 0 Å². The van der Waals surface area contributed by atoms with E-state index in [-0.39, 0.29) is 23.8 Å². The van der Waals surface area contributed by atoms with Gasteiger partial charge in [0.25, 0.3) is 0 Å². The van der Waals surface area contributed by atoms with Crippen molar-refractivity contribution in [2.24, 2.45) is 0 Å². The quantitative estimate of drug-likeness (QED) is 0.400. The molecule has 0 aromatic heterocycles. The number of hydrogen-bond donors (Lipinski definition) is 3. The first-order valence-corrected chi connectivity index (χ1v) is 6.29. The minimum absolute atomic E-state index is 0.185. The Bertz CT molecular complexity index is 479. The Morgan fingerprint density at radius 2 is 1.84 bits per heavy atom. The summed E-state index contributed by atoms with van der Waals surface area (Å²) >= 11 is 0. The van der Waals surface area contributed by atoms with E-state index in [0.29, 0.717) is 6.42 Å². The van der Waals surface area contributed by atoms with Crippen LogP contribution in [0.3, 0.4) is 0 Å². The van der Waals surface area contributed by atoms with E-state index in [4.69, 9.17) is 0 Å². The Balaban J connectivity index is 2.93. The number of carbonyl (C=O) groups is 2. The van der Waals surface area contributed by atoms with Gasteiger partial charge in [0.2, 0.25) is 0 Å². The summed E-state index contributed by atoms with van der Waals surface area (Å²) in [4.78, 5) is 22.6. The standard InChI is InChI=1S/C14H18O5/c1-2-3-4-5-6-10(16)13-12(18)7-11(17)9(8-15)14(13)19/h7-8,17-19H,2-6H2,1H3. The number of ketones is 1. The lowest BCUT2D eigenvalue weighted by molar-refractivity contribution is 0.0973. The van der Waals surface area contributed by atoms with Gasteiger partial charge in [-0.2, -0.15) is 0 Å². The minimum Gasteiger partial charge on any atom is -0.507 e. The molecule has 0 unspecified atom stereocenters.